The van der Waals surface area contributed by atoms with Crippen molar-refractivity contribution in [1.29, 1.82) is 0 Å². The van der Waals surface area contributed by atoms with Crippen LogP contribution in [0.3, 0.4) is 0 Å². The average Bonchev–Trinajstić information content (AvgIpc) is 3.35. The van der Waals surface area contributed by atoms with Gasteiger partial charge in [0, 0.05) is 24.3 Å². The van der Waals surface area contributed by atoms with Gasteiger partial charge in [0.25, 0.3) is 11.8 Å². The summed E-state index contributed by atoms with van der Waals surface area (Å²) in [5.41, 5.74) is 0.892. The highest BCUT2D eigenvalue weighted by Crippen LogP contribution is 2.30. The van der Waals surface area contributed by atoms with Crippen LogP contribution in [0.4, 0.5) is 10.1 Å². The third-order valence-corrected chi connectivity index (χ3v) is 7.17. The van der Waals surface area contributed by atoms with Crippen LogP contribution >= 0.6 is 23.2 Å². The van der Waals surface area contributed by atoms with Gasteiger partial charge in [0.05, 0.1) is 46.2 Å². The van der Waals surface area contributed by atoms with E-state index in [2.05, 4.69) is 10.4 Å². The monoisotopic (exact) mass is 546 g/mol. The summed E-state index contributed by atoms with van der Waals surface area (Å²) in [6, 6.07) is 7.30. The fourth-order valence-corrected chi connectivity index (χ4v) is 4.66. The molecule has 1 saturated heterocycles. The number of carbonyl (C=O) groups excluding carboxylic acids is 3. The van der Waals surface area contributed by atoms with E-state index in [0.717, 1.165) is 0 Å². The molecule has 0 bridgehead atoms. The van der Waals surface area contributed by atoms with Crippen molar-refractivity contribution in [3.63, 3.8) is 0 Å². The third-order valence-electron chi connectivity index (χ3n) is 6.27. The van der Waals surface area contributed by atoms with Crippen molar-refractivity contribution in [2.45, 2.75) is 32.7 Å². The fourth-order valence-electron chi connectivity index (χ4n) is 4.21. The molecule has 0 spiro atoms. The second-order valence-corrected chi connectivity index (χ2v) is 9.39. The van der Waals surface area contributed by atoms with Crippen LogP contribution in [0.25, 0.3) is 0 Å². The molecule has 4 rings (SSSR count). The number of hydrogen-bond donors (Lipinski definition) is 1. The average molecular weight is 547 g/mol. The first-order valence-electron chi connectivity index (χ1n) is 11.8. The molecular weight excluding hydrogens is 522 g/mol. The number of esters is 1. The maximum Gasteiger partial charge on any atom is 0.341 e. The van der Waals surface area contributed by atoms with Crippen LogP contribution in [-0.2, 0) is 4.74 Å². The molecule has 1 aliphatic heterocycles. The van der Waals surface area contributed by atoms with Crippen LogP contribution in [0.1, 0.15) is 62.4 Å². The number of carbonyl (C=O) groups is 3. The first-order chi connectivity index (χ1) is 17.7. The van der Waals surface area contributed by atoms with Crippen molar-refractivity contribution < 1.29 is 23.5 Å². The quantitative estimate of drug-likeness (QED) is 0.409. The molecule has 2 amide bonds. The predicted octanol–water partition coefficient (Wildman–Crippen LogP) is 5.54. The van der Waals surface area contributed by atoms with Gasteiger partial charge >= 0.3 is 5.97 Å². The van der Waals surface area contributed by atoms with E-state index in [-0.39, 0.29) is 29.7 Å². The Morgan fingerprint density at radius 2 is 1.81 bits per heavy atom. The zero-order valence-corrected chi connectivity index (χ0v) is 21.8. The molecule has 1 aromatic heterocycles. The van der Waals surface area contributed by atoms with Crippen molar-refractivity contribution in [2.24, 2.45) is 0 Å². The van der Waals surface area contributed by atoms with E-state index in [9.17, 15) is 18.8 Å². The Bertz CT molecular complexity index is 1350. The second kappa shape index (κ2) is 11.3. The Hall–Kier alpha value is -3.43. The highest BCUT2D eigenvalue weighted by atomic mass is 35.5. The van der Waals surface area contributed by atoms with Crippen LogP contribution in [0.5, 0.6) is 0 Å². The number of aromatic nitrogens is 2. The van der Waals surface area contributed by atoms with Gasteiger partial charge in [-0.3, -0.25) is 14.3 Å². The Kier molecular flexibility index (Phi) is 8.14. The number of anilines is 1. The third kappa shape index (κ3) is 5.62. The van der Waals surface area contributed by atoms with E-state index >= 15 is 0 Å². The highest BCUT2D eigenvalue weighted by molar-refractivity contribution is 6.38. The number of likely N-dealkylation sites (tertiary alicyclic amines) is 1. The van der Waals surface area contributed by atoms with Gasteiger partial charge in [-0.25, -0.2) is 9.18 Å². The van der Waals surface area contributed by atoms with Crippen LogP contribution in [-0.4, -0.2) is 52.2 Å². The second-order valence-electron chi connectivity index (χ2n) is 8.61. The zero-order chi connectivity index (χ0) is 26.7. The molecule has 37 heavy (non-hydrogen) atoms. The van der Waals surface area contributed by atoms with Crippen LogP contribution in [0.15, 0.2) is 42.7 Å². The summed E-state index contributed by atoms with van der Waals surface area (Å²) >= 11 is 12.4. The molecule has 1 N–H and O–H groups in total. The van der Waals surface area contributed by atoms with Crippen molar-refractivity contribution in [3.05, 3.63) is 80.8 Å². The summed E-state index contributed by atoms with van der Waals surface area (Å²) in [4.78, 5) is 39.3. The molecule has 11 heteroatoms. The topological polar surface area (TPSA) is 93.5 Å². The number of amides is 2. The fraction of sp³-hybridized carbons (Fsp3) is 0.308. The summed E-state index contributed by atoms with van der Waals surface area (Å²) in [5.74, 6) is -2.64. The SMILES string of the molecule is CCOC(=O)c1cccc(C(=O)Nc2cnn(C3CCN(C(=O)c4ccc(Cl)c(C)c4Cl)CC3)c2)c1F. The van der Waals surface area contributed by atoms with E-state index < -0.39 is 17.7 Å². The maximum absolute atomic E-state index is 14.8. The summed E-state index contributed by atoms with van der Waals surface area (Å²) in [6.07, 6.45) is 4.44. The highest BCUT2D eigenvalue weighted by Gasteiger charge is 2.27. The van der Waals surface area contributed by atoms with Crippen LogP contribution in [0.2, 0.25) is 10.0 Å². The minimum atomic E-state index is -0.945. The molecule has 0 aliphatic carbocycles. The lowest BCUT2D eigenvalue weighted by atomic mass is 10.0. The van der Waals surface area contributed by atoms with Crippen molar-refractivity contribution in [2.75, 3.05) is 25.0 Å². The van der Waals surface area contributed by atoms with Crippen molar-refractivity contribution in [1.82, 2.24) is 14.7 Å². The molecule has 0 radical (unpaired) electrons. The minimum absolute atomic E-state index is 0.0148. The van der Waals surface area contributed by atoms with Gasteiger partial charge in [0.2, 0.25) is 0 Å². The standard InChI is InChI=1S/C26H25Cl2FN4O4/c1-3-37-26(36)20-6-4-5-19(23(20)29)24(34)31-16-13-30-33(14-16)17-9-11-32(12-10-17)25(35)18-7-8-21(27)15(2)22(18)28/h4-8,13-14,17H,3,9-12H2,1-2H3,(H,31,34). The molecule has 8 nitrogen and oxygen atoms in total. The van der Waals surface area contributed by atoms with Crippen molar-refractivity contribution >= 4 is 46.7 Å². The summed E-state index contributed by atoms with van der Waals surface area (Å²) in [5, 5.41) is 7.82. The molecule has 0 saturated carbocycles. The first kappa shape index (κ1) is 26.6. The van der Waals surface area contributed by atoms with E-state index in [1.165, 1.54) is 24.4 Å². The summed E-state index contributed by atoms with van der Waals surface area (Å²) in [6.45, 7) is 4.49. The normalized spacial score (nSPS) is 13.9. The maximum atomic E-state index is 14.8. The molecule has 0 unspecified atom stereocenters. The number of rotatable bonds is 6. The van der Waals surface area contributed by atoms with Crippen molar-refractivity contribution in [3.8, 4) is 0 Å². The Balaban J connectivity index is 1.38. The summed E-state index contributed by atoms with van der Waals surface area (Å²) < 4.78 is 21.3. The van der Waals surface area contributed by atoms with Gasteiger partial charge in [-0.2, -0.15) is 5.10 Å². The van der Waals surface area contributed by atoms with E-state index in [4.69, 9.17) is 27.9 Å². The number of piperidine rings is 1. The molecule has 1 aliphatic rings. The number of nitrogens with zero attached hydrogens (tertiary/aromatic N) is 3. The summed E-state index contributed by atoms with van der Waals surface area (Å²) in [7, 11) is 0. The van der Waals surface area contributed by atoms with Gasteiger partial charge in [-0.05, 0) is 56.5 Å². The molecule has 194 valence electrons. The molecule has 2 aromatic carbocycles. The largest absolute Gasteiger partial charge is 0.462 e. The van der Waals surface area contributed by atoms with Gasteiger partial charge in [0.1, 0.15) is 5.82 Å². The van der Waals surface area contributed by atoms with E-state index in [0.29, 0.717) is 52.8 Å². The molecule has 2 heterocycles. The van der Waals surface area contributed by atoms with Crippen LogP contribution in [0, 0.1) is 12.7 Å². The molecule has 0 atom stereocenters. The lowest BCUT2D eigenvalue weighted by molar-refractivity contribution is 0.0520. The van der Waals surface area contributed by atoms with E-state index in [1.54, 1.807) is 41.8 Å². The lowest BCUT2D eigenvalue weighted by Crippen LogP contribution is -2.39. The first-order valence-corrected chi connectivity index (χ1v) is 12.5. The number of ether oxygens (including phenoxy) is 1. The number of halogens is 3. The van der Waals surface area contributed by atoms with Gasteiger partial charge in [0.15, 0.2) is 0 Å². The number of hydrogen-bond acceptors (Lipinski definition) is 5. The number of nitrogens with one attached hydrogen (secondary N) is 1. The molecule has 3 aromatic rings. The Labute approximate surface area is 223 Å². The number of benzene rings is 2. The van der Waals surface area contributed by atoms with E-state index in [1.807, 2.05) is 0 Å². The molecular formula is C26H25Cl2FN4O4. The van der Waals surface area contributed by atoms with Gasteiger partial charge in [-0.15, -0.1) is 0 Å². The molecule has 1 fully saturated rings. The predicted molar refractivity (Wildman–Crippen MR) is 138 cm³/mol. The minimum Gasteiger partial charge on any atom is -0.462 e. The Morgan fingerprint density at radius 3 is 2.51 bits per heavy atom. The van der Waals surface area contributed by atoms with Crippen LogP contribution < -0.4 is 5.32 Å². The smallest absolute Gasteiger partial charge is 0.341 e. The Morgan fingerprint density at radius 1 is 1.11 bits per heavy atom. The lowest BCUT2D eigenvalue weighted by Gasteiger charge is -2.32. The van der Waals surface area contributed by atoms with Gasteiger partial charge < -0.3 is 15.0 Å². The van der Waals surface area contributed by atoms with Gasteiger partial charge in [-0.1, -0.05) is 29.3 Å². The zero-order valence-electron chi connectivity index (χ0n) is 20.3.